The van der Waals surface area contributed by atoms with Gasteiger partial charge in [0.1, 0.15) is 6.04 Å². The van der Waals surface area contributed by atoms with Crippen molar-refractivity contribution in [2.24, 2.45) is 0 Å². The number of nitrogens with zero attached hydrogens (tertiary/aromatic N) is 3. The number of carboxylic acids is 1. The Bertz CT molecular complexity index is 585. The predicted molar refractivity (Wildman–Crippen MR) is 75.3 cm³/mol. The van der Waals surface area contributed by atoms with Gasteiger partial charge in [0.15, 0.2) is 0 Å². The van der Waals surface area contributed by atoms with Gasteiger partial charge in [-0.25, -0.2) is 14.8 Å². The summed E-state index contributed by atoms with van der Waals surface area (Å²) in [4.78, 5) is 18.3. The Morgan fingerprint density at radius 1 is 1.20 bits per heavy atom. The number of carbonyl (C=O) groups is 1. The van der Waals surface area contributed by atoms with Crippen LogP contribution in [0.3, 0.4) is 0 Å². The van der Waals surface area contributed by atoms with Crippen molar-refractivity contribution < 1.29 is 36.2 Å². The molecule has 0 radical (unpaired) electrons. The van der Waals surface area contributed by atoms with Crippen molar-refractivity contribution in [3.63, 3.8) is 0 Å². The summed E-state index contributed by atoms with van der Waals surface area (Å²) in [6.07, 6.45) is -9.37. The van der Waals surface area contributed by atoms with E-state index < -0.39 is 24.4 Å². The van der Waals surface area contributed by atoms with Gasteiger partial charge in [-0.05, 0) is 19.9 Å². The summed E-state index contributed by atoms with van der Waals surface area (Å²) in [5.74, 6) is -2.59. The SMILES string of the molecule is Cc1cc(C)nc(N2CCNCC2C(F)(F)F)n1.O=C(O)C(F)(F)F. The second kappa shape index (κ2) is 7.85. The largest absolute Gasteiger partial charge is 0.490 e. The quantitative estimate of drug-likeness (QED) is 0.733. The van der Waals surface area contributed by atoms with Crippen LogP contribution in [0.2, 0.25) is 0 Å². The van der Waals surface area contributed by atoms with E-state index in [1.54, 1.807) is 19.9 Å². The van der Waals surface area contributed by atoms with E-state index in [-0.39, 0.29) is 19.0 Å². The zero-order valence-electron chi connectivity index (χ0n) is 13.2. The molecular formula is C13H16F6N4O2. The molecule has 1 aromatic heterocycles. The number of carboxylic acid groups (broad SMARTS) is 1. The first-order chi connectivity index (χ1) is 11.3. The van der Waals surface area contributed by atoms with Gasteiger partial charge in [0.25, 0.3) is 0 Å². The van der Waals surface area contributed by atoms with E-state index in [9.17, 15) is 26.3 Å². The van der Waals surface area contributed by atoms with Gasteiger partial charge >= 0.3 is 18.3 Å². The lowest BCUT2D eigenvalue weighted by atomic mass is 10.2. The molecule has 0 spiro atoms. The smallest absolute Gasteiger partial charge is 0.475 e. The summed E-state index contributed by atoms with van der Waals surface area (Å²) in [5.41, 5.74) is 1.36. The van der Waals surface area contributed by atoms with Crippen molar-refractivity contribution in [1.82, 2.24) is 15.3 Å². The number of anilines is 1. The molecule has 142 valence electrons. The number of aromatic nitrogens is 2. The molecule has 1 aliphatic heterocycles. The lowest BCUT2D eigenvalue weighted by Gasteiger charge is -2.37. The summed E-state index contributed by atoms with van der Waals surface area (Å²) in [7, 11) is 0. The first kappa shape index (κ1) is 20.9. The van der Waals surface area contributed by atoms with Crippen LogP contribution >= 0.6 is 0 Å². The Morgan fingerprint density at radius 2 is 1.68 bits per heavy atom. The van der Waals surface area contributed by atoms with E-state index in [0.717, 1.165) is 0 Å². The van der Waals surface area contributed by atoms with Crippen LogP contribution in [-0.2, 0) is 4.79 Å². The number of hydrogen-bond acceptors (Lipinski definition) is 5. The summed E-state index contributed by atoms with van der Waals surface area (Å²) in [5, 5.41) is 9.88. The number of aryl methyl sites for hydroxylation is 2. The minimum Gasteiger partial charge on any atom is -0.475 e. The molecule has 6 nitrogen and oxygen atoms in total. The number of halogens is 6. The van der Waals surface area contributed by atoms with E-state index in [1.165, 1.54) is 4.90 Å². The van der Waals surface area contributed by atoms with Crippen LogP contribution in [0.1, 0.15) is 11.4 Å². The lowest BCUT2D eigenvalue weighted by molar-refractivity contribution is -0.192. The van der Waals surface area contributed by atoms with Crippen molar-refractivity contribution in [2.45, 2.75) is 32.2 Å². The summed E-state index contributed by atoms with van der Waals surface area (Å²) in [6, 6.07) is 0.182. The van der Waals surface area contributed by atoms with Crippen molar-refractivity contribution in [3.05, 3.63) is 17.5 Å². The zero-order valence-corrected chi connectivity index (χ0v) is 13.2. The highest BCUT2D eigenvalue weighted by molar-refractivity contribution is 5.73. The van der Waals surface area contributed by atoms with Crippen LogP contribution in [-0.4, -0.2) is 59.1 Å². The van der Waals surface area contributed by atoms with Crippen LogP contribution in [0, 0.1) is 13.8 Å². The van der Waals surface area contributed by atoms with Gasteiger partial charge in [-0.1, -0.05) is 0 Å². The van der Waals surface area contributed by atoms with E-state index in [1.807, 2.05) is 0 Å². The highest BCUT2D eigenvalue weighted by Gasteiger charge is 2.45. The molecule has 0 saturated carbocycles. The van der Waals surface area contributed by atoms with Crippen molar-refractivity contribution in [2.75, 3.05) is 24.5 Å². The summed E-state index contributed by atoms with van der Waals surface area (Å²) in [6.45, 7) is 4.14. The molecule has 2 rings (SSSR count). The highest BCUT2D eigenvalue weighted by atomic mass is 19.4. The number of nitrogens with one attached hydrogen (secondary N) is 1. The number of hydrogen-bond donors (Lipinski definition) is 2. The fourth-order valence-electron chi connectivity index (χ4n) is 2.07. The monoisotopic (exact) mass is 374 g/mol. The Balaban J connectivity index is 0.000000381. The third-order valence-electron chi connectivity index (χ3n) is 3.09. The van der Waals surface area contributed by atoms with E-state index in [0.29, 0.717) is 17.9 Å². The Labute approximate surface area is 138 Å². The van der Waals surface area contributed by atoms with Crippen molar-refractivity contribution in [3.8, 4) is 0 Å². The normalized spacial score (nSPS) is 18.4. The van der Waals surface area contributed by atoms with Gasteiger partial charge in [-0.15, -0.1) is 0 Å². The molecule has 0 bridgehead atoms. The van der Waals surface area contributed by atoms with E-state index in [2.05, 4.69) is 15.3 Å². The molecular weight excluding hydrogens is 358 g/mol. The van der Waals surface area contributed by atoms with Crippen molar-refractivity contribution in [1.29, 1.82) is 0 Å². The summed E-state index contributed by atoms with van der Waals surface area (Å²) < 4.78 is 70.6. The molecule has 2 heterocycles. The maximum absolute atomic E-state index is 12.9. The molecule has 1 saturated heterocycles. The maximum Gasteiger partial charge on any atom is 0.490 e. The molecule has 1 unspecified atom stereocenters. The lowest BCUT2D eigenvalue weighted by Crippen LogP contribution is -2.58. The molecule has 25 heavy (non-hydrogen) atoms. The number of piperazine rings is 1. The number of aliphatic carboxylic acids is 1. The minimum atomic E-state index is -5.08. The molecule has 2 N–H and O–H groups in total. The fourth-order valence-corrected chi connectivity index (χ4v) is 2.07. The molecule has 0 aromatic carbocycles. The Kier molecular flexibility index (Phi) is 6.57. The minimum absolute atomic E-state index is 0.125. The van der Waals surface area contributed by atoms with Gasteiger partial charge in [-0.2, -0.15) is 26.3 Å². The molecule has 1 aromatic rings. The third kappa shape index (κ3) is 6.36. The highest BCUT2D eigenvalue weighted by Crippen LogP contribution is 2.28. The van der Waals surface area contributed by atoms with Crippen LogP contribution in [0.15, 0.2) is 6.07 Å². The first-order valence-electron chi connectivity index (χ1n) is 6.99. The second-order valence-corrected chi connectivity index (χ2v) is 5.21. The van der Waals surface area contributed by atoms with Crippen LogP contribution in [0.25, 0.3) is 0 Å². The Morgan fingerprint density at radius 3 is 2.08 bits per heavy atom. The molecule has 0 aliphatic carbocycles. The molecule has 1 fully saturated rings. The third-order valence-corrected chi connectivity index (χ3v) is 3.09. The Hall–Kier alpha value is -2.11. The van der Waals surface area contributed by atoms with Crippen molar-refractivity contribution >= 4 is 11.9 Å². The topological polar surface area (TPSA) is 78.4 Å². The fraction of sp³-hybridized carbons (Fsp3) is 0.615. The summed E-state index contributed by atoms with van der Waals surface area (Å²) >= 11 is 0. The van der Waals surface area contributed by atoms with Crippen LogP contribution in [0.5, 0.6) is 0 Å². The second-order valence-electron chi connectivity index (χ2n) is 5.21. The van der Waals surface area contributed by atoms with E-state index in [4.69, 9.17) is 9.90 Å². The van der Waals surface area contributed by atoms with Crippen LogP contribution < -0.4 is 10.2 Å². The zero-order chi connectivity index (χ0) is 19.4. The molecule has 0 amide bonds. The van der Waals surface area contributed by atoms with Gasteiger partial charge in [0.2, 0.25) is 5.95 Å². The maximum atomic E-state index is 12.9. The molecule has 1 atom stereocenters. The van der Waals surface area contributed by atoms with Gasteiger partial charge in [0, 0.05) is 31.0 Å². The van der Waals surface area contributed by atoms with Gasteiger partial charge in [0.05, 0.1) is 0 Å². The number of alkyl halides is 6. The number of rotatable bonds is 1. The van der Waals surface area contributed by atoms with Gasteiger partial charge in [-0.3, -0.25) is 0 Å². The molecule has 12 heteroatoms. The first-order valence-corrected chi connectivity index (χ1v) is 6.99. The molecule has 1 aliphatic rings. The van der Waals surface area contributed by atoms with Gasteiger partial charge < -0.3 is 15.3 Å². The standard InChI is InChI=1S/C11H15F3N4.C2HF3O2/c1-7-5-8(2)17-10(16-7)18-4-3-15-6-9(18)11(12,13)14;3-2(4,5)1(6)7/h5,9,15H,3-4,6H2,1-2H3;(H,6,7). The average Bonchev–Trinajstić information content (AvgIpc) is 2.45. The predicted octanol–water partition coefficient (Wildman–Crippen LogP) is 2.07. The van der Waals surface area contributed by atoms with E-state index >= 15 is 0 Å². The average molecular weight is 374 g/mol. The van der Waals surface area contributed by atoms with Crippen LogP contribution in [0.4, 0.5) is 32.3 Å².